The predicted octanol–water partition coefficient (Wildman–Crippen LogP) is -0.462. The molecule has 0 rings (SSSR count). The van der Waals surface area contributed by atoms with Gasteiger partial charge in [0.05, 0.1) is 0 Å². The minimum Gasteiger partial charge on any atom is -0.380 e. The quantitative estimate of drug-likeness (QED) is 0.408. The molecule has 0 saturated carbocycles. The summed E-state index contributed by atoms with van der Waals surface area (Å²) in [5, 5.41) is 0. The molecular formula is H6O2P2. The Morgan fingerprint density at radius 2 is 1.50 bits per heavy atom. The fourth-order valence-corrected chi connectivity index (χ4v) is 0. The second-order valence-corrected chi connectivity index (χ2v) is 0. The van der Waals surface area contributed by atoms with E-state index in [0.717, 1.165) is 0 Å². The molecule has 2 N–H and O–H groups in total. The number of hydrogen-bond acceptors (Lipinski definition) is 2. The molecule has 0 bridgehead atoms. The zero-order valence-electron chi connectivity index (χ0n) is 3.97. The molecule has 0 aromatic heterocycles. The lowest BCUT2D eigenvalue weighted by atomic mass is 15.9. The maximum Gasteiger partial charge on any atom is 0.215 e. The Morgan fingerprint density at radius 3 is 1.50 bits per heavy atom. The van der Waals surface area contributed by atoms with Crippen LogP contribution < -0.4 is 0 Å². The highest BCUT2D eigenvalue weighted by atomic mass is 31.0. The standard InChI is InChI=1S/2H3OP/c2*1-2/h2*1H,2H2/i2*1T. The highest BCUT2D eigenvalue weighted by Gasteiger charge is 0.827. The van der Waals surface area contributed by atoms with Crippen molar-refractivity contribution in [3.8, 4) is 0 Å². The van der Waals surface area contributed by atoms with Crippen LogP contribution in [0.25, 0.3) is 0 Å². The van der Waals surface area contributed by atoms with Crippen molar-refractivity contribution in [2.45, 2.75) is 0 Å². The van der Waals surface area contributed by atoms with Gasteiger partial charge in [-0.2, -0.15) is 0 Å². The molecule has 0 aliphatic carbocycles. The van der Waals surface area contributed by atoms with Gasteiger partial charge >= 0.3 is 0 Å². The summed E-state index contributed by atoms with van der Waals surface area (Å²) in [6.07, 6.45) is 0. The van der Waals surface area contributed by atoms with Crippen molar-refractivity contribution in [2.75, 3.05) is 0 Å². The van der Waals surface area contributed by atoms with Gasteiger partial charge in [0, 0.05) is 0 Å². The van der Waals surface area contributed by atoms with Gasteiger partial charge in [0.2, 0.25) is 2.86 Å². The van der Waals surface area contributed by atoms with E-state index in [1.807, 2.05) is 0 Å². The molecule has 0 aliphatic rings. The first-order chi connectivity index (χ1) is 2.83. The zero-order chi connectivity index (χ0) is 5.41. The maximum absolute atomic E-state index is 5.67. The Bertz CT molecular complexity index is 11.5. The summed E-state index contributed by atoms with van der Waals surface area (Å²) in [7, 11) is 3.49. The normalized spacial score (nSPS) is 9.50. The lowest BCUT2D eigenvalue weighted by Gasteiger charge is -1.21. The highest BCUT2D eigenvalue weighted by Crippen LogP contribution is 1.44. The third kappa shape index (κ3) is 14.5. The molecule has 0 aliphatic heterocycles. The molecule has 2 nitrogen and oxygen atoms in total. The second-order valence-electron chi connectivity index (χ2n) is 0. The molecule has 4 heteroatoms. The van der Waals surface area contributed by atoms with Crippen LogP contribution >= 0.6 is 18.9 Å². The fourth-order valence-electron chi connectivity index (χ4n) is 0. The van der Waals surface area contributed by atoms with Gasteiger partial charge in [-0.05, 0) is 18.9 Å². The van der Waals surface area contributed by atoms with E-state index in [2.05, 4.69) is 9.79 Å². The van der Waals surface area contributed by atoms with Crippen molar-refractivity contribution in [3.63, 3.8) is 0 Å². The maximum atomic E-state index is 5.67. The second kappa shape index (κ2) is 48.0. The molecule has 28 valence electrons. The van der Waals surface area contributed by atoms with E-state index < -0.39 is 0 Å². The smallest absolute Gasteiger partial charge is 0.215 e. The van der Waals surface area contributed by atoms with Crippen LogP contribution in [-0.4, -0.2) is 12.7 Å². The summed E-state index contributed by atoms with van der Waals surface area (Å²) >= 11 is 0. The Labute approximate surface area is 32.8 Å². The first-order valence-electron chi connectivity index (χ1n) is 1.29. The van der Waals surface area contributed by atoms with Gasteiger partial charge < -0.3 is 9.79 Å². The molecule has 0 aromatic rings. The first-order valence-corrected chi connectivity index (χ1v) is 1.41. The summed E-state index contributed by atoms with van der Waals surface area (Å²) < 4.78 is 11.3. The first kappa shape index (κ1) is 2.99. The van der Waals surface area contributed by atoms with Gasteiger partial charge in [-0.15, -0.1) is 0 Å². The van der Waals surface area contributed by atoms with Crippen molar-refractivity contribution >= 4 is 18.9 Å². The highest BCUT2D eigenvalue weighted by molar-refractivity contribution is 7.08. The Hall–Kier alpha value is 0.780. The molecule has 2 atom stereocenters. The lowest BCUT2D eigenvalue weighted by molar-refractivity contribution is 0.663. The van der Waals surface area contributed by atoms with Crippen molar-refractivity contribution in [2.24, 2.45) is 0 Å². The topological polar surface area (TPSA) is 40.5 Å². The van der Waals surface area contributed by atoms with Crippen molar-refractivity contribution in [1.29, 1.82) is 2.86 Å². The van der Waals surface area contributed by atoms with Gasteiger partial charge in [-0.1, -0.05) is 0 Å². The van der Waals surface area contributed by atoms with Gasteiger partial charge in [0.1, 0.15) is 0 Å². The van der Waals surface area contributed by atoms with Crippen molar-refractivity contribution in [3.05, 3.63) is 0 Å². The predicted molar refractivity (Wildman–Crippen MR) is 23.9 cm³/mol. The van der Waals surface area contributed by atoms with E-state index in [1.165, 1.54) is 0 Å². The van der Waals surface area contributed by atoms with E-state index in [1.54, 1.807) is 18.9 Å². The molecule has 0 heterocycles. The van der Waals surface area contributed by atoms with E-state index in [-0.39, 0.29) is 0 Å². The minimum atomic E-state index is 1.75. The number of hydrogen-bond donors (Lipinski definition) is 2. The Morgan fingerprint density at radius 1 is 1.50 bits per heavy atom. The molecule has 0 fully saturated rings. The summed E-state index contributed by atoms with van der Waals surface area (Å²) in [4.78, 5) is 6.83. The lowest BCUT2D eigenvalue weighted by Crippen LogP contribution is -0.868. The third-order valence-electron chi connectivity index (χ3n) is 0. The van der Waals surface area contributed by atoms with Crippen LogP contribution in [0.15, 0.2) is 0 Å². The average molecular weight is 104 g/mol. The van der Waals surface area contributed by atoms with Crippen LogP contribution in [0.5, 0.6) is 0 Å². The zero-order valence-corrected chi connectivity index (χ0v) is 4.28. The molecule has 0 radical (unpaired) electrons. The monoisotopic (exact) mass is 104 g/mol. The van der Waals surface area contributed by atoms with E-state index in [0.29, 0.717) is 0 Å². The van der Waals surface area contributed by atoms with Crippen molar-refractivity contribution in [1.82, 2.24) is 0 Å². The van der Waals surface area contributed by atoms with Crippen LogP contribution in [0.4, 0.5) is 0 Å². The SMILES string of the molecule is [3H]OP.[3H]OP. The van der Waals surface area contributed by atoms with E-state index in [4.69, 9.17) is 2.86 Å². The van der Waals surface area contributed by atoms with Gasteiger partial charge in [-0.3, -0.25) is 0 Å². The summed E-state index contributed by atoms with van der Waals surface area (Å²) in [5.41, 5.74) is 0. The van der Waals surface area contributed by atoms with Crippen LogP contribution in [0.2, 0.25) is 0 Å². The van der Waals surface area contributed by atoms with E-state index in [9.17, 15) is 0 Å². The van der Waals surface area contributed by atoms with Crippen LogP contribution in [0, 0.1) is 0 Å². The summed E-state index contributed by atoms with van der Waals surface area (Å²) in [5.74, 6) is 0. The summed E-state index contributed by atoms with van der Waals surface area (Å²) in [6.45, 7) is 0. The minimum absolute atomic E-state index is 1.75. The fraction of sp³-hybridized carbons (Fsp3) is 0. The van der Waals surface area contributed by atoms with E-state index >= 15 is 0 Å². The molecule has 4 heavy (non-hydrogen) atoms. The Kier molecular flexibility index (Phi) is 35.9. The number of rotatable bonds is 0. The largest absolute Gasteiger partial charge is 0.380 e. The molecule has 0 aromatic carbocycles. The van der Waals surface area contributed by atoms with Gasteiger partial charge in [0.25, 0.3) is 0 Å². The summed E-state index contributed by atoms with van der Waals surface area (Å²) in [6, 6.07) is 0. The average Bonchev–Trinajstić information content (AvgIpc) is 1.39. The molecule has 0 saturated heterocycles. The van der Waals surface area contributed by atoms with Gasteiger partial charge in [-0.25, -0.2) is 0 Å². The molecular weight excluding hydrogens is 93.9 g/mol. The molecule has 2 unspecified atom stereocenters. The van der Waals surface area contributed by atoms with Gasteiger partial charge in [0.15, 0.2) is 0 Å². The molecule has 0 spiro atoms. The van der Waals surface area contributed by atoms with Crippen LogP contribution in [0.1, 0.15) is 0 Å². The van der Waals surface area contributed by atoms with Crippen molar-refractivity contribution < 1.29 is 9.79 Å². The molecule has 0 amide bonds. The Balaban J connectivity index is 0. The third-order valence-corrected chi connectivity index (χ3v) is 0. The van der Waals surface area contributed by atoms with Crippen LogP contribution in [-0.2, 0) is 0 Å². The van der Waals surface area contributed by atoms with Crippen LogP contribution in [0.3, 0.4) is 0 Å².